The Morgan fingerprint density at radius 3 is 2.73 bits per heavy atom. The van der Waals surface area contributed by atoms with E-state index in [9.17, 15) is 0 Å². The van der Waals surface area contributed by atoms with Crippen LogP contribution in [0.25, 0.3) is 0 Å². The molecule has 1 aromatic heterocycles. The second kappa shape index (κ2) is 5.68. The maximum absolute atomic E-state index is 6.09. The summed E-state index contributed by atoms with van der Waals surface area (Å²) in [5.74, 6) is 0.489. The summed E-state index contributed by atoms with van der Waals surface area (Å²) >= 11 is 0. The van der Waals surface area contributed by atoms with Gasteiger partial charge in [0.25, 0.3) is 0 Å². The van der Waals surface area contributed by atoms with Crippen LogP contribution in [0.3, 0.4) is 0 Å². The van der Waals surface area contributed by atoms with Crippen molar-refractivity contribution in [1.82, 2.24) is 4.98 Å². The fourth-order valence-electron chi connectivity index (χ4n) is 1.60. The van der Waals surface area contributed by atoms with E-state index < -0.39 is 0 Å². The van der Waals surface area contributed by atoms with Crippen LogP contribution >= 0.6 is 0 Å². The lowest BCUT2D eigenvalue weighted by atomic mass is 10.0. The minimum Gasteiger partial charge on any atom is -0.383 e. The molecule has 0 saturated carbocycles. The van der Waals surface area contributed by atoms with Gasteiger partial charge in [-0.05, 0) is 19.4 Å². The molecule has 0 aliphatic heterocycles. The predicted octanol–water partition coefficient (Wildman–Crippen LogP) is 1.48. The Labute approximate surface area is 90.6 Å². The quantitative estimate of drug-likeness (QED) is 0.770. The zero-order valence-corrected chi connectivity index (χ0v) is 9.31. The standard InChI is InChI=1S/C11H19N3O/c1-3-9(15-4-2)10(12)8-6-5-7-14-11(8)13/h5-7,9-10H,3-4,12H2,1-2H3,(H2,13,14). The average Bonchev–Trinajstić information content (AvgIpc) is 2.25. The summed E-state index contributed by atoms with van der Waals surface area (Å²) in [5.41, 5.74) is 12.7. The van der Waals surface area contributed by atoms with E-state index in [4.69, 9.17) is 16.2 Å². The molecule has 0 spiro atoms. The van der Waals surface area contributed by atoms with Crippen LogP contribution in [0.1, 0.15) is 31.9 Å². The summed E-state index contributed by atoms with van der Waals surface area (Å²) in [4.78, 5) is 4.02. The molecule has 2 atom stereocenters. The number of nitrogen functional groups attached to an aromatic ring is 1. The number of nitrogens with zero attached hydrogens (tertiary/aromatic N) is 1. The molecule has 2 unspecified atom stereocenters. The van der Waals surface area contributed by atoms with Gasteiger partial charge in [0.1, 0.15) is 5.82 Å². The summed E-state index contributed by atoms with van der Waals surface area (Å²) in [6, 6.07) is 3.53. The van der Waals surface area contributed by atoms with Gasteiger partial charge in [-0.3, -0.25) is 0 Å². The number of anilines is 1. The van der Waals surface area contributed by atoms with E-state index in [0.717, 1.165) is 12.0 Å². The van der Waals surface area contributed by atoms with Crippen molar-refractivity contribution in [2.45, 2.75) is 32.4 Å². The summed E-state index contributed by atoms with van der Waals surface area (Å²) in [5, 5.41) is 0. The van der Waals surface area contributed by atoms with E-state index in [0.29, 0.717) is 12.4 Å². The SMILES string of the molecule is CCOC(CC)C(N)c1cccnc1N. The first-order valence-electron chi connectivity index (χ1n) is 5.28. The van der Waals surface area contributed by atoms with Gasteiger partial charge in [-0.25, -0.2) is 4.98 Å². The Balaban J connectivity index is 2.82. The van der Waals surface area contributed by atoms with Crippen molar-refractivity contribution in [3.8, 4) is 0 Å². The van der Waals surface area contributed by atoms with Crippen LogP contribution in [0.15, 0.2) is 18.3 Å². The predicted molar refractivity (Wildman–Crippen MR) is 61.3 cm³/mol. The van der Waals surface area contributed by atoms with Gasteiger partial charge in [0, 0.05) is 18.4 Å². The van der Waals surface area contributed by atoms with Gasteiger partial charge in [-0.2, -0.15) is 0 Å². The Morgan fingerprint density at radius 1 is 1.47 bits per heavy atom. The molecule has 0 saturated heterocycles. The molecule has 0 aliphatic rings. The molecule has 1 heterocycles. The monoisotopic (exact) mass is 209 g/mol. The number of nitrogens with two attached hydrogens (primary N) is 2. The van der Waals surface area contributed by atoms with Gasteiger partial charge in [-0.1, -0.05) is 13.0 Å². The first kappa shape index (κ1) is 11.9. The summed E-state index contributed by atoms with van der Waals surface area (Å²) in [7, 11) is 0. The lowest BCUT2D eigenvalue weighted by molar-refractivity contribution is 0.0414. The van der Waals surface area contributed by atoms with Gasteiger partial charge < -0.3 is 16.2 Å². The van der Waals surface area contributed by atoms with Crippen LogP contribution in [0.4, 0.5) is 5.82 Å². The Kier molecular flexibility index (Phi) is 4.52. The number of hydrogen-bond acceptors (Lipinski definition) is 4. The second-order valence-electron chi connectivity index (χ2n) is 3.41. The molecule has 4 nitrogen and oxygen atoms in total. The van der Waals surface area contributed by atoms with Gasteiger partial charge in [0.05, 0.1) is 12.1 Å². The third-order valence-electron chi connectivity index (χ3n) is 2.41. The van der Waals surface area contributed by atoms with Gasteiger partial charge in [-0.15, -0.1) is 0 Å². The molecular weight excluding hydrogens is 190 g/mol. The van der Waals surface area contributed by atoms with Crippen LogP contribution < -0.4 is 11.5 Å². The zero-order valence-electron chi connectivity index (χ0n) is 9.31. The normalized spacial score (nSPS) is 14.9. The van der Waals surface area contributed by atoms with Gasteiger partial charge in [0.15, 0.2) is 0 Å². The average molecular weight is 209 g/mol. The highest BCUT2D eigenvalue weighted by Crippen LogP contribution is 2.22. The minimum atomic E-state index is -0.205. The van der Waals surface area contributed by atoms with E-state index in [1.807, 2.05) is 26.0 Å². The van der Waals surface area contributed by atoms with E-state index in [1.54, 1.807) is 6.20 Å². The molecule has 0 aliphatic carbocycles. The lowest BCUT2D eigenvalue weighted by Crippen LogP contribution is -2.29. The first-order valence-corrected chi connectivity index (χ1v) is 5.28. The lowest BCUT2D eigenvalue weighted by Gasteiger charge is -2.23. The van der Waals surface area contributed by atoms with Crippen LogP contribution in [-0.2, 0) is 4.74 Å². The van der Waals surface area contributed by atoms with Gasteiger partial charge >= 0.3 is 0 Å². The maximum atomic E-state index is 6.09. The van der Waals surface area contributed by atoms with E-state index in [-0.39, 0.29) is 12.1 Å². The molecule has 1 rings (SSSR count). The maximum Gasteiger partial charge on any atom is 0.128 e. The van der Waals surface area contributed by atoms with Crippen molar-refractivity contribution >= 4 is 5.82 Å². The van der Waals surface area contributed by atoms with Crippen LogP contribution in [-0.4, -0.2) is 17.7 Å². The summed E-state index contributed by atoms with van der Waals surface area (Å²) < 4.78 is 5.55. The molecule has 4 heteroatoms. The highest BCUT2D eigenvalue weighted by Gasteiger charge is 2.20. The Bertz CT molecular complexity index is 304. The molecule has 0 bridgehead atoms. The summed E-state index contributed by atoms with van der Waals surface area (Å²) in [6.07, 6.45) is 2.53. The topological polar surface area (TPSA) is 74.2 Å². The Hall–Kier alpha value is -1.13. The van der Waals surface area contributed by atoms with Crippen LogP contribution in [0, 0.1) is 0 Å². The van der Waals surface area contributed by atoms with Crippen molar-refractivity contribution in [3.05, 3.63) is 23.9 Å². The molecular formula is C11H19N3O. The van der Waals surface area contributed by atoms with Crippen molar-refractivity contribution in [2.24, 2.45) is 5.73 Å². The molecule has 15 heavy (non-hydrogen) atoms. The number of hydrogen-bond donors (Lipinski definition) is 2. The van der Waals surface area contributed by atoms with Crippen LogP contribution in [0.5, 0.6) is 0 Å². The highest BCUT2D eigenvalue weighted by molar-refractivity contribution is 5.41. The van der Waals surface area contributed by atoms with E-state index in [1.165, 1.54) is 0 Å². The molecule has 0 amide bonds. The fraction of sp³-hybridized carbons (Fsp3) is 0.545. The number of pyridine rings is 1. The van der Waals surface area contributed by atoms with Gasteiger partial charge in [0.2, 0.25) is 0 Å². The fourth-order valence-corrected chi connectivity index (χ4v) is 1.60. The second-order valence-corrected chi connectivity index (χ2v) is 3.41. The molecule has 84 valence electrons. The number of aromatic nitrogens is 1. The minimum absolute atomic E-state index is 0.00139. The van der Waals surface area contributed by atoms with Crippen LogP contribution in [0.2, 0.25) is 0 Å². The van der Waals surface area contributed by atoms with Crippen molar-refractivity contribution < 1.29 is 4.74 Å². The van der Waals surface area contributed by atoms with Crippen molar-refractivity contribution in [2.75, 3.05) is 12.3 Å². The van der Waals surface area contributed by atoms with Crippen molar-refractivity contribution in [3.63, 3.8) is 0 Å². The smallest absolute Gasteiger partial charge is 0.128 e. The number of ether oxygens (including phenoxy) is 1. The molecule has 1 aromatic rings. The van der Waals surface area contributed by atoms with E-state index in [2.05, 4.69) is 4.98 Å². The van der Waals surface area contributed by atoms with E-state index >= 15 is 0 Å². The molecule has 0 fully saturated rings. The molecule has 4 N–H and O–H groups in total. The highest BCUT2D eigenvalue weighted by atomic mass is 16.5. The third kappa shape index (κ3) is 2.91. The third-order valence-corrected chi connectivity index (χ3v) is 2.41. The molecule has 0 aromatic carbocycles. The Morgan fingerprint density at radius 2 is 2.20 bits per heavy atom. The number of rotatable bonds is 5. The first-order chi connectivity index (χ1) is 7.20. The zero-order chi connectivity index (χ0) is 11.3. The summed E-state index contributed by atoms with van der Waals surface area (Å²) in [6.45, 7) is 4.67. The van der Waals surface area contributed by atoms with Crippen molar-refractivity contribution in [1.29, 1.82) is 0 Å². The molecule has 0 radical (unpaired) electrons. The largest absolute Gasteiger partial charge is 0.383 e.